The average Bonchev–Trinajstić information content (AvgIpc) is 3.04. The molecule has 0 saturated carbocycles. The first kappa shape index (κ1) is 16.9. The summed E-state index contributed by atoms with van der Waals surface area (Å²) in [6, 6.07) is 13.4. The van der Waals surface area contributed by atoms with E-state index in [1.807, 2.05) is 24.3 Å². The molecule has 5 heteroatoms. The lowest BCUT2D eigenvalue weighted by molar-refractivity contribution is -0.149. The van der Waals surface area contributed by atoms with Crippen LogP contribution in [0.15, 0.2) is 54.6 Å². The second-order valence-electron chi connectivity index (χ2n) is 5.83. The number of carbonyl (C=O) groups excluding carboxylic acids is 2. The normalized spacial score (nSPS) is 14.4. The third-order valence-electron chi connectivity index (χ3n) is 4.08. The summed E-state index contributed by atoms with van der Waals surface area (Å²) in [5.41, 5.74) is 2.66. The van der Waals surface area contributed by atoms with Crippen molar-refractivity contribution in [2.24, 2.45) is 0 Å². The monoisotopic (exact) mass is 339 g/mol. The van der Waals surface area contributed by atoms with E-state index in [-0.39, 0.29) is 11.7 Å². The average molecular weight is 339 g/mol. The van der Waals surface area contributed by atoms with E-state index in [2.05, 4.69) is 0 Å². The largest absolute Gasteiger partial charge is 0.449 e. The number of ether oxygens (including phenoxy) is 1. The number of hydrogen-bond donors (Lipinski definition) is 0. The Balaban J connectivity index is 1.60. The number of nitrogens with zero attached hydrogens (tertiary/aromatic N) is 1. The summed E-state index contributed by atoms with van der Waals surface area (Å²) in [5, 5.41) is 0. The highest BCUT2D eigenvalue weighted by atomic mass is 19.1. The van der Waals surface area contributed by atoms with E-state index in [1.165, 1.54) is 24.3 Å². The van der Waals surface area contributed by atoms with Gasteiger partial charge in [0.1, 0.15) is 5.82 Å². The minimum atomic E-state index is -0.878. The van der Waals surface area contributed by atoms with Gasteiger partial charge in [0.15, 0.2) is 6.10 Å². The second kappa shape index (κ2) is 7.30. The molecule has 0 aliphatic carbocycles. The van der Waals surface area contributed by atoms with Crippen LogP contribution in [0.4, 0.5) is 10.1 Å². The Morgan fingerprint density at radius 1 is 1.16 bits per heavy atom. The molecule has 1 atom stereocenters. The Morgan fingerprint density at radius 2 is 1.88 bits per heavy atom. The molecule has 1 heterocycles. The van der Waals surface area contributed by atoms with E-state index in [4.69, 9.17) is 4.74 Å². The van der Waals surface area contributed by atoms with Crippen molar-refractivity contribution < 1.29 is 18.7 Å². The lowest BCUT2D eigenvalue weighted by Gasteiger charge is -2.21. The number of esters is 1. The van der Waals surface area contributed by atoms with Gasteiger partial charge in [0.25, 0.3) is 5.91 Å². The molecule has 0 saturated heterocycles. The number of halogens is 1. The molecule has 0 spiro atoms. The Bertz CT molecular complexity index is 814. The highest BCUT2D eigenvalue weighted by molar-refractivity contribution is 6.00. The summed E-state index contributed by atoms with van der Waals surface area (Å²) < 4.78 is 18.0. The maximum Gasteiger partial charge on any atom is 0.331 e. The minimum absolute atomic E-state index is 0.242. The van der Waals surface area contributed by atoms with Gasteiger partial charge in [0.2, 0.25) is 0 Å². The van der Waals surface area contributed by atoms with Crippen LogP contribution in [-0.4, -0.2) is 24.5 Å². The zero-order valence-corrected chi connectivity index (χ0v) is 13.8. The maximum absolute atomic E-state index is 12.8. The van der Waals surface area contributed by atoms with Gasteiger partial charge >= 0.3 is 5.97 Å². The van der Waals surface area contributed by atoms with E-state index in [1.54, 1.807) is 24.0 Å². The number of para-hydroxylation sites is 1. The van der Waals surface area contributed by atoms with Gasteiger partial charge in [-0.1, -0.05) is 30.3 Å². The highest BCUT2D eigenvalue weighted by Gasteiger charge is 2.29. The van der Waals surface area contributed by atoms with Gasteiger partial charge in [-0.05, 0) is 48.7 Å². The van der Waals surface area contributed by atoms with Crippen molar-refractivity contribution in [3.63, 3.8) is 0 Å². The lowest BCUT2D eigenvalue weighted by atomic mass is 10.2. The predicted octanol–water partition coefficient (Wildman–Crippen LogP) is 3.36. The molecule has 1 amide bonds. The minimum Gasteiger partial charge on any atom is -0.449 e. The molecule has 1 aliphatic heterocycles. The van der Waals surface area contributed by atoms with E-state index in [9.17, 15) is 14.0 Å². The summed E-state index contributed by atoms with van der Waals surface area (Å²) in [6.45, 7) is 2.15. The number of rotatable bonds is 4. The Hall–Kier alpha value is -2.95. The molecule has 4 nitrogen and oxygen atoms in total. The van der Waals surface area contributed by atoms with E-state index in [0.717, 1.165) is 17.7 Å². The van der Waals surface area contributed by atoms with Crippen molar-refractivity contribution >= 4 is 23.6 Å². The number of benzene rings is 2. The third kappa shape index (κ3) is 3.94. The zero-order chi connectivity index (χ0) is 17.8. The molecule has 0 N–H and O–H groups in total. The van der Waals surface area contributed by atoms with Crippen molar-refractivity contribution in [3.05, 3.63) is 71.6 Å². The molecule has 2 aromatic carbocycles. The SMILES string of the molecule is C[C@@H](OC(=O)/C=C/c1ccc(F)cc1)C(=O)N1CCc2ccccc21. The van der Waals surface area contributed by atoms with E-state index < -0.39 is 12.1 Å². The molecule has 0 unspecified atom stereocenters. The van der Waals surface area contributed by atoms with Crippen LogP contribution in [-0.2, 0) is 20.7 Å². The van der Waals surface area contributed by atoms with Crippen molar-refractivity contribution in [1.29, 1.82) is 0 Å². The smallest absolute Gasteiger partial charge is 0.331 e. The van der Waals surface area contributed by atoms with Crippen LogP contribution >= 0.6 is 0 Å². The van der Waals surface area contributed by atoms with Gasteiger partial charge in [-0.2, -0.15) is 0 Å². The first-order valence-corrected chi connectivity index (χ1v) is 8.08. The van der Waals surface area contributed by atoms with Crippen LogP contribution in [0, 0.1) is 5.82 Å². The summed E-state index contributed by atoms with van der Waals surface area (Å²) in [7, 11) is 0. The lowest BCUT2D eigenvalue weighted by Crippen LogP contribution is -2.38. The van der Waals surface area contributed by atoms with Crippen molar-refractivity contribution in [3.8, 4) is 0 Å². The number of anilines is 1. The van der Waals surface area contributed by atoms with Crippen molar-refractivity contribution in [1.82, 2.24) is 0 Å². The van der Waals surface area contributed by atoms with Gasteiger partial charge in [-0.3, -0.25) is 4.79 Å². The Morgan fingerprint density at radius 3 is 2.64 bits per heavy atom. The summed E-state index contributed by atoms with van der Waals surface area (Å²) in [6.07, 6.45) is 2.67. The molecule has 0 fully saturated rings. The number of fused-ring (bicyclic) bond motifs is 1. The van der Waals surface area contributed by atoms with Gasteiger partial charge in [-0.15, -0.1) is 0 Å². The molecular formula is C20H18FNO3. The van der Waals surface area contributed by atoms with Crippen LogP contribution in [0.1, 0.15) is 18.1 Å². The Labute approximate surface area is 145 Å². The van der Waals surface area contributed by atoms with Crippen LogP contribution in [0.3, 0.4) is 0 Å². The molecule has 0 bridgehead atoms. The van der Waals surface area contributed by atoms with E-state index in [0.29, 0.717) is 12.1 Å². The van der Waals surface area contributed by atoms with Gasteiger partial charge in [-0.25, -0.2) is 9.18 Å². The summed E-state index contributed by atoms with van der Waals surface area (Å²) in [5.74, 6) is -1.20. The molecule has 0 aromatic heterocycles. The van der Waals surface area contributed by atoms with Gasteiger partial charge in [0, 0.05) is 18.3 Å². The number of hydrogen-bond acceptors (Lipinski definition) is 3. The quantitative estimate of drug-likeness (QED) is 0.634. The topological polar surface area (TPSA) is 46.6 Å². The molecular weight excluding hydrogens is 321 g/mol. The van der Waals surface area contributed by atoms with Crippen LogP contribution < -0.4 is 4.90 Å². The predicted molar refractivity (Wildman–Crippen MR) is 93.5 cm³/mol. The van der Waals surface area contributed by atoms with Crippen LogP contribution in [0.25, 0.3) is 6.08 Å². The molecule has 25 heavy (non-hydrogen) atoms. The number of amides is 1. The Kier molecular flexibility index (Phi) is 4.93. The fourth-order valence-electron chi connectivity index (χ4n) is 2.79. The van der Waals surface area contributed by atoms with Gasteiger partial charge in [0.05, 0.1) is 0 Å². The zero-order valence-electron chi connectivity index (χ0n) is 13.8. The van der Waals surface area contributed by atoms with Crippen LogP contribution in [0.2, 0.25) is 0 Å². The van der Waals surface area contributed by atoms with Gasteiger partial charge < -0.3 is 9.64 Å². The molecule has 3 rings (SSSR count). The van der Waals surface area contributed by atoms with Crippen molar-refractivity contribution in [2.75, 3.05) is 11.4 Å². The standard InChI is InChI=1S/C20H18FNO3/c1-14(20(24)22-13-12-16-4-2-3-5-18(16)22)25-19(23)11-8-15-6-9-17(21)10-7-15/h2-11,14H,12-13H2,1H3/b11-8+/t14-/m1/s1. The van der Waals surface area contributed by atoms with E-state index >= 15 is 0 Å². The third-order valence-corrected chi connectivity index (χ3v) is 4.08. The first-order valence-electron chi connectivity index (χ1n) is 8.08. The number of carbonyl (C=O) groups is 2. The molecule has 0 radical (unpaired) electrons. The van der Waals surface area contributed by atoms with Crippen LogP contribution in [0.5, 0.6) is 0 Å². The second-order valence-corrected chi connectivity index (χ2v) is 5.83. The molecule has 1 aliphatic rings. The maximum atomic E-state index is 12.8. The highest BCUT2D eigenvalue weighted by Crippen LogP contribution is 2.28. The summed E-state index contributed by atoms with van der Waals surface area (Å²) in [4.78, 5) is 26.1. The molecule has 128 valence electrons. The fourth-order valence-corrected chi connectivity index (χ4v) is 2.79. The molecule has 2 aromatic rings. The van der Waals surface area contributed by atoms with Crippen molar-refractivity contribution in [2.45, 2.75) is 19.4 Å². The first-order chi connectivity index (χ1) is 12.0. The fraction of sp³-hybridized carbons (Fsp3) is 0.200. The summed E-state index contributed by atoms with van der Waals surface area (Å²) >= 11 is 0.